The maximum Gasteiger partial charge on any atom is 0.310 e. The van der Waals surface area contributed by atoms with Gasteiger partial charge < -0.3 is 14.8 Å². The van der Waals surface area contributed by atoms with Gasteiger partial charge in [-0.25, -0.2) is 0 Å². The number of ether oxygens (including phenoxy) is 2. The van der Waals surface area contributed by atoms with E-state index in [4.69, 9.17) is 9.47 Å². The average Bonchev–Trinajstić information content (AvgIpc) is 2.89. The Morgan fingerprint density at radius 3 is 2.58 bits per heavy atom. The van der Waals surface area contributed by atoms with Crippen LogP contribution in [0, 0.1) is 5.92 Å². The van der Waals surface area contributed by atoms with Crippen LogP contribution in [0.25, 0.3) is 0 Å². The fourth-order valence-electron chi connectivity index (χ4n) is 2.50. The van der Waals surface area contributed by atoms with Gasteiger partial charge in [0.25, 0.3) is 0 Å². The van der Waals surface area contributed by atoms with Crippen LogP contribution >= 0.6 is 0 Å². The quantitative estimate of drug-likeness (QED) is 0.825. The monoisotopic (exact) mass is 263 g/mol. The van der Waals surface area contributed by atoms with Crippen LogP contribution in [-0.4, -0.2) is 32.3 Å². The standard InChI is InChI=1S/C15H21NO3/c1-3-18-12-7-5-11(6-8-12)13-9-16-10-14(13)15(17)19-4-2/h5-8,13-14,16H,3-4,9-10H2,1-2H3. The number of esters is 1. The van der Waals surface area contributed by atoms with E-state index in [1.807, 2.05) is 38.1 Å². The zero-order valence-corrected chi connectivity index (χ0v) is 11.5. The predicted molar refractivity (Wildman–Crippen MR) is 73.3 cm³/mol. The molecule has 2 atom stereocenters. The van der Waals surface area contributed by atoms with Crippen molar-refractivity contribution in [2.24, 2.45) is 5.92 Å². The number of carbonyl (C=O) groups is 1. The highest BCUT2D eigenvalue weighted by Crippen LogP contribution is 2.30. The van der Waals surface area contributed by atoms with Gasteiger partial charge in [0.15, 0.2) is 0 Å². The van der Waals surface area contributed by atoms with Crippen molar-refractivity contribution in [2.75, 3.05) is 26.3 Å². The van der Waals surface area contributed by atoms with Gasteiger partial charge in [0, 0.05) is 19.0 Å². The average molecular weight is 263 g/mol. The van der Waals surface area contributed by atoms with Crippen molar-refractivity contribution < 1.29 is 14.3 Å². The summed E-state index contributed by atoms with van der Waals surface area (Å²) < 4.78 is 10.6. The lowest BCUT2D eigenvalue weighted by Gasteiger charge is -2.17. The van der Waals surface area contributed by atoms with Crippen LogP contribution in [0.5, 0.6) is 5.75 Å². The molecule has 2 rings (SSSR count). The zero-order valence-electron chi connectivity index (χ0n) is 11.5. The minimum atomic E-state index is -0.105. The molecule has 1 aliphatic heterocycles. The zero-order chi connectivity index (χ0) is 13.7. The number of benzene rings is 1. The molecular weight excluding hydrogens is 242 g/mol. The van der Waals surface area contributed by atoms with Gasteiger partial charge in [-0.1, -0.05) is 12.1 Å². The van der Waals surface area contributed by atoms with Crippen LogP contribution in [0.15, 0.2) is 24.3 Å². The summed E-state index contributed by atoms with van der Waals surface area (Å²) in [5, 5.41) is 3.27. The van der Waals surface area contributed by atoms with Crippen LogP contribution < -0.4 is 10.1 Å². The first kappa shape index (κ1) is 13.9. The van der Waals surface area contributed by atoms with Crippen molar-refractivity contribution in [1.82, 2.24) is 5.32 Å². The molecule has 1 heterocycles. The van der Waals surface area contributed by atoms with Crippen LogP contribution in [-0.2, 0) is 9.53 Å². The Bertz CT molecular complexity index is 416. The predicted octanol–water partition coefficient (Wildman–Crippen LogP) is 1.95. The molecule has 1 fully saturated rings. The molecule has 104 valence electrons. The first-order valence-electron chi connectivity index (χ1n) is 6.86. The summed E-state index contributed by atoms with van der Waals surface area (Å²) in [4.78, 5) is 11.9. The number of hydrogen-bond acceptors (Lipinski definition) is 4. The van der Waals surface area contributed by atoms with E-state index in [-0.39, 0.29) is 17.8 Å². The van der Waals surface area contributed by atoms with Crippen molar-refractivity contribution in [2.45, 2.75) is 19.8 Å². The van der Waals surface area contributed by atoms with Crippen molar-refractivity contribution in [3.05, 3.63) is 29.8 Å². The summed E-state index contributed by atoms with van der Waals surface area (Å²) in [6, 6.07) is 7.99. The highest BCUT2D eigenvalue weighted by Gasteiger charge is 2.34. The molecule has 1 aromatic carbocycles. The first-order chi connectivity index (χ1) is 9.26. The lowest BCUT2D eigenvalue weighted by Crippen LogP contribution is -2.24. The summed E-state index contributed by atoms with van der Waals surface area (Å²) in [5.74, 6) is 0.865. The Morgan fingerprint density at radius 1 is 1.21 bits per heavy atom. The van der Waals surface area contributed by atoms with Gasteiger partial charge >= 0.3 is 5.97 Å². The van der Waals surface area contributed by atoms with E-state index in [2.05, 4.69) is 5.32 Å². The van der Waals surface area contributed by atoms with E-state index >= 15 is 0 Å². The third-order valence-corrected chi connectivity index (χ3v) is 3.42. The van der Waals surface area contributed by atoms with Gasteiger partial charge in [0.05, 0.1) is 19.1 Å². The Morgan fingerprint density at radius 2 is 1.95 bits per heavy atom. The molecule has 1 saturated heterocycles. The van der Waals surface area contributed by atoms with Crippen LogP contribution in [0.3, 0.4) is 0 Å². The minimum Gasteiger partial charge on any atom is -0.494 e. The number of rotatable bonds is 5. The van der Waals surface area contributed by atoms with Gasteiger partial charge in [-0.2, -0.15) is 0 Å². The van der Waals surface area contributed by atoms with Gasteiger partial charge in [-0.3, -0.25) is 4.79 Å². The normalized spacial score (nSPS) is 22.2. The molecule has 4 nitrogen and oxygen atoms in total. The van der Waals surface area contributed by atoms with Crippen molar-refractivity contribution >= 4 is 5.97 Å². The Balaban J connectivity index is 2.09. The second-order valence-corrected chi connectivity index (χ2v) is 4.63. The fraction of sp³-hybridized carbons (Fsp3) is 0.533. The van der Waals surface area contributed by atoms with E-state index in [9.17, 15) is 4.79 Å². The minimum absolute atomic E-state index is 0.0853. The lowest BCUT2D eigenvalue weighted by atomic mass is 9.89. The molecule has 19 heavy (non-hydrogen) atoms. The largest absolute Gasteiger partial charge is 0.494 e. The van der Waals surface area contributed by atoms with E-state index in [0.717, 1.165) is 17.9 Å². The topological polar surface area (TPSA) is 47.6 Å². The second-order valence-electron chi connectivity index (χ2n) is 4.63. The molecule has 0 aliphatic carbocycles. The number of hydrogen-bond donors (Lipinski definition) is 1. The van der Waals surface area contributed by atoms with Gasteiger partial charge in [-0.05, 0) is 31.5 Å². The molecule has 0 radical (unpaired) electrons. The molecule has 1 aliphatic rings. The summed E-state index contributed by atoms with van der Waals surface area (Å²) in [6.07, 6.45) is 0. The van der Waals surface area contributed by atoms with Gasteiger partial charge in [0.2, 0.25) is 0 Å². The summed E-state index contributed by atoms with van der Waals surface area (Å²) in [5.41, 5.74) is 1.16. The van der Waals surface area contributed by atoms with Gasteiger partial charge in [-0.15, -0.1) is 0 Å². The molecule has 0 bridgehead atoms. The van der Waals surface area contributed by atoms with Gasteiger partial charge in [0.1, 0.15) is 5.75 Å². The molecule has 4 heteroatoms. The molecule has 0 spiro atoms. The van der Waals surface area contributed by atoms with E-state index in [0.29, 0.717) is 19.8 Å². The lowest BCUT2D eigenvalue weighted by molar-refractivity contribution is -0.147. The first-order valence-corrected chi connectivity index (χ1v) is 6.86. The maximum atomic E-state index is 11.9. The second kappa shape index (κ2) is 6.57. The summed E-state index contributed by atoms with van der Waals surface area (Å²) >= 11 is 0. The highest BCUT2D eigenvalue weighted by molar-refractivity contribution is 5.74. The van der Waals surface area contributed by atoms with E-state index in [1.54, 1.807) is 0 Å². The molecule has 1 N–H and O–H groups in total. The van der Waals surface area contributed by atoms with E-state index < -0.39 is 0 Å². The summed E-state index contributed by atoms with van der Waals surface area (Å²) in [7, 11) is 0. The molecule has 1 aromatic rings. The van der Waals surface area contributed by atoms with Crippen molar-refractivity contribution in [3.63, 3.8) is 0 Å². The smallest absolute Gasteiger partial charge is 0.310 e. The summed E-state index contributed by atoms with van der Waals surface area (Å²) in [6.45, 7) is 6.41. The van der Waals surface area contributed by atoms with E-state index in [1.165, 1.54) is 0 Å². The van der Waals surface area contributed by atoms with Crippen LogP contribution in [0.2, 0.25) is 0 Å². The van der Waals surface area contributed by atoms with Crippen molar-refractivity contribution in [3.8, 4) is 5.75 Å². The third kappa shape index (κ3) is 3.26. The Hall–Kier alpha value is -1.55. The molecule has 0 saturated carbocycles. The van der Waals surface area contributed by atoms with Crippen LogP contribution in [0.4, 0.5) is 0 Å². The SMILES string of the molecule is CCOC(=O)C1CNCC1c1ccc(OCC)cc1. The highest BCUT2D eigenvalue weighted by atomic mass is 16.5. The Kier molecular flexibility index (Phi) is 4.80. The third-order valence-electron chi connectivity index (χ3n) is 3.42. The fourth-order valence-corrected chi connectivity index (χ4v) is 2.50. The number of carbonyl (C=O) groups excluding carboxylic acids is 1. The molecule has 2 unspecified atom stereocenters. The molecule has 0 amide bonds. The molecule has 0 aromatic heterocycles. The maximum absolute atomic E-state index is 11.9. The van der Waals surface area contributed by atoms with Crippen molar-refractivity contribution in [1.29, 1.82) is 0 Å². The number of nitrogens with one attached hydrogen (secondary N) is 1. The Labute approximate surface area is 114 Å². The van der Waals surface area contributed by atoms with Crippen LogP contribution in [0.1, 0.15) is 25.3 Å². The molecular formula is C15H21NO3.